The van der Waals surface area contributed by atoms with Crippen molar-refractivity contribution in [3.05, 3.63) is 59.0 Å². The van der Waals surface area contributed by atoms with Crippen LogP contribution in [0.25, 0.3) is 0 Å². The summed E-state index contributed by atoms with van der Waals surface area (Å²) in [6.45, 7) is 4.50. The van der Waals surface area contributed by atoms with Crippen LogP contribution < -0.4 is 15.5 Å². The Kier molecular flexibility index (Phi) is 7.06. The van der Waals surface area contributed by atoms with E-state index in [0.29, 0.717) is 23.1 Å². The first kappa shape index (κ1) is 20.4. The number of halogens is 2. The molecule has 28 heavy (non-hydrogen) atoms. The lowest BCUT2D eigenvalue weighted by molar-refractivity contribution is 0.187. The predicted octanol–water partition coefficient (Wildman–Crippen LogP) is 2.74. The fourth-order valence-corrected chi connectivity index (χ4v) is 3.40. The third-order valence-corrected chi connectivity index (χ3v) is 4.88. The quantitative estimate of drug-likeness (QED) is 0.509. The zero-order valence-corrected chi connectivity index (χ0v) is 16.5. The molecule has 2 heterocycles. The Morgan fingerprint density at radius 2 is 2.18 bits per heavy atom. The van der Waals surface area contributed by atoms with E-state index in [2.05, 4.69) is 25.5 Å². The van der Waals surface area contributed by atoms with Crippen molar-refractivity contribution in [2.45, 2.75) is 25.5 Å². The number of nitrogens with zero attached hydrogens (tertiary/aromatic N) is 3. The Morgan fingerprint density at radius 3 is 2.89 bits per heavy atom. The van der Waals surface area contributed by atoms with Gasteiger partial charge >= 0.3 is 0 Å². The molecule has 2 aromatic rings. The molecule has 150 valence electrons. The van der Waals surface area contributed by atoms with Gasteiger partial charge in [0.05, 0.1) is 17.7 Å². The van der Waals surface area contributed by atoms with Crippen LogP contribution in [-0.4, -0.2) is 48.3 Å². The second kappa shape index (κ2) is 9.71. The molecule has 0 aliphatic carbocycles. The zero-order valence-electron chi connectivity index (χ0n) is 15.8. The van der Waals surface area contributed by atoms with E-state index in [0.717, 1.165) is 25.3 Å². The standard InChI is InChI=1S/C20H25ClFN5O/c1-2-23-20(25-12-18(28)14-5-7-15(22)8-6-14)26-16-9-11-27(13-16)19-17(21)4-3-10-24-19/h3-8,10,16,18,28H,2,9,11-13H2,1H3,(H2,23,25,26). The first-order chi connectivity index (χ1) is 13.6. The van der Waals surface area contributed by atoms with E-state index >= 15 is 0 Å². The maximum absolute atomic E-state index is 13.0. The van der Waals surface area contributed by atoms with Crippen molar-refractivity contribution in [3.8, 4) is 0 Å². The maximum atomic E-state index is 13.0. The molecule has 2 atom stereocenters. The normalized spacial score (nSPS) is 18.2. The molecule has 1 aliphatic heterocycles. The lowest BCUT2D eigenvalue weighted by atomic mass is 10.1. The van der Waals surface area contributed by atoms with Crippen molar-refractivity contribution < 1.29 is 9.50 Å². The van der Waals surface area contributed by atoms with Gasteiger partial charge in [-0.25, -0.2) is 9.37 Å². The zero-order chi connectivity index (χ0) is 19.9. The number of guanidine groups is 1. The molecule has 0 amide bonds. The average Bonchev–Trinajstić information content (AvgIpc) is 3.15. The Balaban J connectivity index is 1.59. The van der Waals surface area contributed by atoms with Gasteiger partial charge in [0.25, 0.3) is 0 Å². The molecule has 1 fully saturated rings. The first-order valence-corrected chi connectivity index (χ1v) is 9.78. The fraction of sp³-hybridized carbons (Fsp3) is 0.400. The Morgan fingerprint density at radius 1 is 1.39 bits per heavy atom. The van der Waals surface area contributed by atoms with Crippen molar-refractivity contribution in [1.82, 2.24) is 15.6 Å². The van der Waals surface area contributed by atoms with Crippen LogP contribution in [0, 0.1) is 5.82 Å². The SMILES string of the molecule is CCNC(=NCC(O)c1ccc(F)cc1)NC1CCN(c2ncccc2Cl)C1. The molecule has 0 radical (unpaired) electrons. The number of pyridine rings is 1. The monoisotopic (exact) mass is 405 g/mol. The Hall–Kier alpha value is -2.38. The number of benzene rings is 1. The van der Waals surface area contributed by atoms with E-state index in [9.17, 15) is 9.50 Å². The number of aliphatic hydroxyl groups excluding tert-OH is 1. The van der Waals surface area contributed by atoms with Gasteiger partial charge in [-0.1, -0.05) is 23.7 Å². The van der Waals surface area contributed by atoms with Gasteiger partial charge in [0, 0.05) is 31.9 Å². The molecule has 1 aromatic carbocycles. The van der Waals surface area contributed by atoms with Crippen LogP contribution in [0.15, 0.2) is 47.6 Å². The Labute approximate surface area is 169 Å². The molecule has 0 bridgehead atoms. The molecule has 3 rings (SSSR count). The highest BCUT2D eigenvalue weighted by Gasteiger charge is 2.25. The third kappa shape index (κ3) is 5.33. The molecular formula is C20H25ClFN5O. The highest BCUT2D eigenvalue weighted by molar-refractivity contribution is 6.32. The number of hydrogen-bond acceptors (Lipinski definition) is 4. The number of rotatable bonds is 6. The van der Waals surface area contributed by atoms with Crippen LogP contribution in [0.4, 0.5) is 10.2 Å². The van der Waals surface area contributed by atoms with Crippen molar-refractivity contribution in [3.63, 3.8) is 0 Å². The molecule has 1 aliphatic rings. The highest BCUT2D eigenvalue weighted by Crippen LogP contribution is 2.25. The summed E-state index contributed by atoms with van der Waals surface area (Å²) in [5.41, 5.74) is 0.637. The van der Waals surface area contributed by atoms with Gasteiger partial charge in [-0.2, -0.15) is 0 Å². The van der Waals surface area contributed by atoms with Gasteiger partial charge in [0.1, 0.15) is 11.6 Å². The number of aliphatic imine (C=N–C) groups is 1. The minimum atomic E-state index is -0.788. The van der Waals surface area contributed by atoms with Gasteiger partial charge in [-0.3, -0.25) is 4.99 Å². The van der Waals surface area contributed by atoms with Gasteiger partial charge in [0.2, 0.25) is 0 Å². The smallest absolute Gasteiger partial charge is 0.191 e. The summed E-state index contributed by atoms with van der Waals surface area (Å²) in [5, 5.41) is 17.5. The van der Waals surface area contributed by atoms with Gasteiger partial charge < -0.3 is 20.6 Å². The van der Waals surface area contributed by atoms with Gasteiger partial charge in [-0.15, -0.1) is 0 Å². The van der Waals surface area contributed by atoms with Gasteiger partial charge in [-0.05, 0) is 43.2 Å². The lowest BCUT2D eigenvalue weighted by Gasteiger charge is -2.20. The van der Waals surface area contributed by atoms with E-state index in [1.54, 1.807) is 18.3 Å². The number of aromatic nitrogens is 1. The van der Waals surface area contributed by atoms with E-state index in [1.165, 1.54) is 12.1 Å². The summed E-state index contributed by atoms with van der Waals surface area (Å²) in [7, 11) is 0. The minimum absolute atomic E-state index is 0.184. The highest BCUT2D eigenvalue weighted by atomic mass is 35.5. The summed E-state index contributed by atoms with van der Waals surface area (Å²) in [6.07, 6.45) is 1.88. The second-order valence-electron chi connectivity index (χ2n) is 6.67. The summed E-state index contributed by atoms with van der Waals surface area (Å²) < 4.78 is 13.0. The molecule has 0 saturated carbocycles. The number of hydrogen-bond donors (Lipinski definition) is 3. The van der Waals surface area contributed by atoms with Crippen LogP contribution in [0.3, 0.4) is 0 Å². The summed E-state index contributed by atoms with van der Waals surface area (Å²) in [6, 6.07) is 9.66. The lowest BCUT2D eigenvalue weighted by Crippen LogP contribution is -2.44. The van der Waals surface area contributed by atoms with Crippen LogP contribution >= 0.6 is 11.6 Å². The molecular weight excluding hydrogens is 381 g/mol. The maximum Gasteiger partial charge on any atom is 0.191 e. The van der Waals surface area contributed by atoms with Crippen molar-refractivity contribution >= 4 is 23.4 Å². The molecule has 6 nitrogen and oxygen atoms in total. The molecule has 3 N–H and O–H groups in total. The largest absolute Gasteiger partial charge is 0.386 e. The number of anilines is 1. The summed E-state index contributed by atoms with van der Waals surface area (Å²) in [4.78, 5) is 11.0. The van der Waals surface area contributed by atoms with Crippen LogP contribution in [0.5, 0.6) is 0 Å². The van der Waals surface area contributed by atoms with E-state index in [4.69, 9.17) is 11.6 Å². The third-order valence-electron chi connectivity index (χ3n) is 4.59. The van der Waals surface area contributed by atoms with Gasteiger partial charge in [0.15, 0.2) is 5.96 Å². The number of nitrogens with one attached hydrogen (secondary N) is 2. The molecule has 8 heteroatoms. The van der Waals surface area contributed by atoms with Crippen molar-refractivity contribution in [1.29, 1.82) is 0 Å². The summed E-state index contributed by atoms with van der Waals surface area (Å²) in [5.74, 6) is 1.11. The van der Waals surface area contributed by atoms with E-state index in [1.807, 2.05) is 19.1 Å². The topological polar surface area (TPSA) is 72.8 Å². The van der Waals surface area contributed by atoms with Crippen LogP contribution in [0.2, 0.25) is 5.02 Å². The van der Waals surface area contributed by atoms with Crippen molar-refractivity contribution in [2.75, 3.05) is 31.1 Å². The second-order valence-corrected chi connectivity index (χ2v) is 7.08. The first-order valence-electron chi connectivity index (χ1n) is 9.40. The minimum Gasteiger partial charge on any atom is -0.386 e. The molecule has 1 aromatic heterocycles. The fourth-order valence-electron chi connectivity index (χ4n) is 3.16. The number of aliphatic hydroxyl groups is 1. The Bertz CT molecular complexity index is 801. The van der Waals surface area contributed by atoms with E-state index < -0.39 is 6.10 Å². The van der Waals surface area contributed by atoms with Crippen LogP contribution in [0.1, 0.15) is 25.0 Å². The average molecular weight is 406 g/mol. The van der Waals surface area contributed by atoms with E-state index in [-0.39, 0.29) is 18.4 Å². The predicted molar refractivity (Wildman–Crippen MR) is 110 cm³/mol. The van der Waals surface area contributed by atoms with Crippen LogP contribution in [-0.2, 0) is 0 Å². The van der Waals surface area contributed by atoms with Crippen molar-refractivity contribution in [2.24, 2.45) is 4.99 Å². The molecule has 2 unspecified atom stereocenters. The summed E-state index contributed by atoms with van der Waals surface area (Å²) >= 11 is 6.25. The molecule has 0 spiro atoms. The molecule has 1 saturated heterocycles.